The van der Waals surface area contributed by atoms with Crippen LogP contribution in [-0.4, -0.2) is 30.1 Å². The maximum absolute atomic E-state index is 14.1. The molecule has 1 aliphatic rings. The molecule has 1 heterocycles. The van der Waals surface area contributed by atoms with Crippen molar-refractivity contribution < 1.29 is 23.8 Å². The summed E-state index contributed by atoms with van der Waals surface area (Å²) in [5.41, 5.74) is 0.0602. The first-order valence-corrected chi connectivity index (χ1v) is 6.75. The molecule has 0 saturated carbocycles. The summed E-state index contributed by atoms with van der Waals surface area (Å²) in [6.07, 6.45) is 0.0813. The van der Waals surface area contributed by atoms with Gasteiger partial charge >= 0.3 is 5.97 Å². The van der Waals surface area contributed by atoms with Crippen LogP contribution in [-0.2, 0) is 9.59 Å². The smallest absolute Gasteiger partial charge is 0.308 e. The third-order valence-corrected chi connectivity index (χ3v) is 4.00. The van der Waals surface area contributed by atoms with Gasteiger partial charge in [-0.05, 0) is 25.0 Å². The van der Waals surface area contributed by atoms with Crippen LogP contribution in [0.2, 0.25) is 0 Å². The first kappa shape index (κ1) is 15.3. The number of methoxy groups -OCH3 is 1. The van der Waals surface area contributed by atoms with Gasteiger partial charge in [0.05, 0.1) is 18.7 Å². The van der Waals surface area contributed by atoms with Gasteiger partial charge in [0.25, 0.3) is 0 Å². The lowest BCUT2D eigenvalue weighted by atomic mass is 9.80. The zero-order valence-corrected chi connectivity index (χ0v) is 12.2. The zero-order valence-electron chi connectivity index (χ0n) is 12.2. The molecule has 0 aliphatic carbocycles. The van der Waals surface area contributed by atoms with Gasteiger partial charge in [0.15, 0.2) is 0 Å². The number of amides is 1. The first-order valence-electron chi connectivity index (χ1n) is 6.75. The number of aliphatic carboxylic acids is 1. The van der Waals surface area contributed by atoms with Crippen molar-refractivity contribution in [1.29, 1.82) is 0 Å². The van der Waals surface area contributed by atoms with Crippen LogP contribution < -0.4 is 9.64 Å². The molecule has 21 heavy (non-hydrogen) atoms. The summed E-state index contributed by atoms with van der Waals surface area (Å²) in [7, 11) is 1.45. The molecule has 1 aliphatic heterocycles. The van der Waals surface area contributed by atoms with Crippen molar-refractivity contribution in [2.45, 2.75) is 26.3 Å². The Morgan fingerprint density at radius 2 is 2.10 bits per heavy atom. The van der Waals surface area contributed by atoms with E-state index in [1.807, 2.05) is 0 Å². The predicted octanol–water partition coefficient (Wildman–Crippen LogP) is 2.30. The van der Waals surface area contributed by atoms with E-state index in [4.69, 9.17) is 4.74 Å². The highest BCUT2D eigenvalue weighted by molar-refractivity contribution is 5.97. The van der Waals surface area contributed by atoms with Crippen LogP contribution in [0.25, 0.3) is 0 Å². The molecule has 1 aromatic carbocycles. The zero-order chi connectivity index (χ0) is 15.7. The Morgan fingerprint density at radius 3 is 2.67 bits per heavy atom. The van der Waals surface area contributed by atoms with Crippen LogP contribution in [0.5, 0.6) is 5.75 Å². The van der Waals surface area contributed by atoms with Gasteiger partial charge in [0.2, 0.25) is 5.91 Å². The highest BCUT2D eigenvalue weighted by Crippen LogP contribution is 2.36. The minimum absolute atomic E-state index is 0.0602. The molecule has 6 heteroatoms. The monoisotopic (exact) mass is 295 g/mol. The Kier molecular flexibility index (Phi) is 4.16. The van der Waals surface area contributed by atoms with E-state index in [1.54, 1.807) is 13.8 Å². The van der Waals surface area contributed by atoms with E-state index in [0.29, 0.717) is 5.75 Å². The molecule has 5 nitrogen and oxygen atoms in total. The molecule has 0 radical (unpaired) electrons. The van der Waals surface area contributed by atoms with Gasteiger partial charge in [-0.25, -0.2) is 4.39 Å². The number of halogens is 1. The number of hydrogen-bond acceptors (Lipinski definition) is 3. The molecular weight excluding hydrogens is 277 g/mol. The van der Waals surface area contributed by atoms with Gasteiger partial charge in [-0.15, -0.1) is 0 Å². The number of piperidine rings is 1. The maximum atomic E-state index is 14.1. The summed E-state index contributed by atoms with van der Waals surface area (Å²) in [5, 5.41) is 9.34. The van der Waals surface area contributed by atoms with Crippen molar-refractivity contribution >= 4 is 17.6 Å². The number of nitrogens with zero attached hydrogens (tertiary/aromatic N) is 1. The van der Waals surface area contributed by atoms with Crippen LogP contribution >= 0.6 is 0 Å². The number of anilines is 1. The van der Waals surface area contributed by atoms with Gasteiger partial charge in [0, 0.05) is 18.5 Å². The lowest BCUT2D eigenvalue weighted by molar-refractivity contribution is -0.146. The molecule has 2 rings (SSSR count). The molecule has 114 valence electrons. The van der Waals surface area contributed by atoms with Crippen molar-refractivity contribution in [3.05, 3.63) is 24.0 Å². The number of carbonyl (C=O) groups excluding carboxylic acids is 1. The quantitative estimate of drug-likeness (QED) is 0.929. The Labute approximate surface area is 122 Å². The topological polar surface area (TPSA) is 66.8 Å². The molecule has 1 N–H and O–H groups in total. The molecule has 1 amide bonds. The van der Waals surface area contributed by atoms with E-state index in [-0.39, 0.29) is 23.9 Å². The molecule has 1 fully saturated rings. The molecule has 3 atom stereocenters. The normalized spacial score (nSPS) is 25.8. The van der Waals surface area contributed by atoms with Gasteiger partial charge in [0.1, 0.15) is 11.6 Å². The fourth-order valence-corrected chi connectivity index (χ4v) is 2.97. The molecule has 1 saturated heterocycles. The SMILES string of the molecule is COc1ccc(F)c(N2C(=O)CC(C)C(C(=O)O)C2C)c1. The van der Waals surface area contributed by atoms with Crippen LogP contribution in [0, 0.1) is 17.7 Å². The van der Waals surface area contributed by atoms with Gasteiger partial charge in [-0.2, -0.15) is 0 Å². The second-order valence-corrected chi connectivity index (χ2v) is 5.37. The van der Waals surface area contributed by atoms with Crippen molar-refractivity contribution in [3.63, 3.8) is 0 Å². The van der Waals surface area contributed by atoms with E-state index in [0.717, 1.165) is 0 Å². The molecule has 3 unspecified atom stereocenters. The number of rotatable bonds is 3. The predicted molar refractivity (Wildman–Crippen MR) is 74.8 cm³/mol. The Bertz CT molecular complexity index is 575. The van der Waals surface area contributed by atoms with Crippen LogP contribution in [0.1, 0.15) is 20.3 Å². The molecule has 0 spiro atoms. The summed E-state index contributed by atoms with van der Waals surface area (Å²) >= 11 is 0. The van der Waals surface area contributed by atoms with Crippen molar-refractivity contribution in [1.82, 2.24) is 0 Å². The largest absolute Gasteiger partial charge is 0.497 e. The van der Waals surface area contributed by atoms with Gasteiger partial charge in [-0.1, -0.05) is 6.92 Å². The summed E-state index contributed by atoms with van der Waals surface area (Å²) in [6.45, 7) is 3.36. The third kappa shape index (κ3) is 2.70. The van der Waals surface area contributed by atoms with E-state index < -0.39 is 23.7 Å². The van der Waals surface area contributed by atoms with Crippen molar-refractivity contribution in [2.24, 2.45) is 11.8 Å². The molecule has 0 bridgehead atoms. The fraction of sp³-hybridized carbons (Fsp3) is 0.467. The molecule has 1 aromatic rings. The Balaban J connectivity index is 2.46. The van der Waals surface area contributed by atoms with E-state index in [1.165, 1.54) is 30.2 Å². The van der Waals surface area contributed by atoms with E-state index in [9.17, 15) is 19.1 Å². The minimum Gasteiger partial charge on any atom is -0.497 e. The first-order chi connectivity index (χ1) is 9.86. The van der Waals surface area contributed by atoms with Gasteiger partial charge < -0.3 is 14.7 Å². The average molecular weight is 295 g/mol. The second-order valence-electron chi connectivity index (χ2n) is 5.37. The Hall–Kier alpha value is -2.11. The molecule has 0 aromatic heterocycles. The van der Waals surface area contributed by atoms with Crippen LogP contribution in [0.4, 0.5) is 10.1 Å². The average Bonchev–Trinajstić information content (AvgIpc) is 2.39. The Morgan fingerprint density at radius 1 is 1.43 bits per heavy atom. The number of carboxylic acids is 1. The summed E-state index contributed by atoms with van der Waals surface area (Å²) in [5.74, 6) is -2.43. The van der Waals surface area contributed by atoms with Crippen molar-refractivity contribution in [2.75, 3.05) is 12.0 Å². The number of ether oxygens (including phenoxy) is 1. The highest BCUT2D eigenvalue weighted by atomic mass is 19.1. The van der Waals surface area contributed by atoms with Gasteiger partial charge in [-0.3, -0.25) is 9.59 Å². The summed E-state index contributed by atoms with van der Waals surface area (Å²) < 4.78 is 19.1. The number of carboxylic acid groups (broad SMARTS) is 1. The van der Waals surface area contributed by atoms with Crippen LogP contribution in [0.3, 0.4) is 0 Å². The lowest BCUT2D eigenvalue weighted by Gasteiger charge is -2.40. The minimum atomic E-state index is -0.976. The summed E-state index contributed by atoms with van der Waals surface area (Å²) in [6, 6.07) is 3.45. The van der Waals surface area contributed by atoms with Crippen molar-refractivity contribution in [3.8, 4) is 5.75 Å². The number of carbonyl (C=O) groups is 2. The highest BCUT2D eigenvalue weighted by Gasteiger charge is 2.43. The fourth-order valence-electron chi connectivity index (χ4n) is 2.97. The third-order valence-electron chi connectivity index (χ3n) is 4.00. The summed E-state index contributed by atoms with van der Waals surface area (Å²) in [4.78, 5) is 24.9. The van der Waals surface area contributed by atoms with Crippen LogP contribution in [0.15, 0.2) is 18.2 Å². The second kappa shape index (κ2) is 5.71. The van der Waals surface area contributed by atoms with E-state index in [2.05, 4.69) is 0 Å². The molecular formula is C15H18FNO4. The number of hydrogen-bond donors (Lipinski definition) is 1. The standard InChI is InChI=1S/C15H18FNO4/c1-8-6-13(18)17(9(2)14(8)15(19)20)12-7-10(21-3)4-5-11(12)16/h4-5,7-9,14H,6H2,1-3H3,(H,19,20). The van der Waals surface area contributed by atoms with E-state index >= 15 is 0 Å². The lowest BCUT2D eigenvalue weighted by Crippen LogP contribution is -2.53. The number of benzene rings is 1. The maximum Gasteiger partial charge on any atom is 0.308 e.